The van der Waals surface area contributed by atoms with Gasteiger partial charge in [0.05, 0.1) is 0 Å². The third-order valence-electron chi connectivity index (χ3n) is 1.81. The molecular formula is C11H15NOS. The summed E-state index contributed by atoms with van der Waals surface area (Å²) in [7, 11) is 3.73. The molecule has 0 aliphatic heterocycles. The van der Waals surface area contributed by atoms with Crippen LogP contribution in [0.1, 0.15) is 6.92 Å². The highest BCUT2D eigenvalue weighted by atomic mass is 32.1. The minimum atomic E-state index is 0.445. The Morgan fingerprint density at radius 2 is 2.14 bits per heavy atom. The molecule has 0 amide bonds. The van der Waals surface area contributed by atoms with E-state index in [4.69, 9.17) is 17.0 Å². The molecule has 14 heavy (non-hydrogen) atoms. The molecule has 0 fully saturated rings. The molecule has 0 heterocycles. The predicted molar refractivity (Wildman–Crippen MR) is 62.9 cm³/mol. The van der Waals surface area contributed by atoms with Gasteiger partial charge >= 0.3 is 0 Å². The van der Waals surface area contributed by atoms with Gasteiger partial charge in [0.25, 0.3) is 5.17 Å². The largest absolute Gasteiger partial charge is 0.432 e. The maximum absolute atomic E-state index is 5.46. The van der Waals surface area contributed by atoms with Gasteiger partial charge in [-0.15, -0.1) is 0 Å². The minimum absolute atomic E-state index is 0.445. The van der Waals surface area contributed by atoms with Gasteiger partial charge < -0.3 is 9.64 Å². The van der Waals surface area contributed by atoms with Crippen LogP contribution in [-0.4, -0.2) is 24.2 Å². The molecule has 0 radical (unpaired) electrons. The van der Waals surface area contributed by atoms with Crippen LogP contribution < -0.4 is 0 Å². The van der Waals surface area contributed by atoms with E-state index in [0.717, 1.165) is 5.76 Å². The molecule has 1 unspecified atom stereocenters. The summed E-state index contributed by atoms with van der Waals surface area (Å²) in [5.74, 6) is 1.23. The number of allylic oxidation sites excluding steroid dienone is 5. The van der Waals surface area contributed by atoms with Gasteiger partial charge in [0.2, 0.25) is 0 Å². The number of thiocarbonyl (C=S) groups is 1. The van der Waals surface area contributed by atoms with E-state index >= 15 is 0 Å². The van der Waals surface area contributed by atoms with Gasteiger partial charge in [-0.25, -0.2) is 0 Å². The van der Waals surface area contributed by atoms with Crippen LogP contribution in [0.4, 0.5) is 0 Å². The normalized spacial score (nSPS) is 19.9. The lowest BCUT2D eigenvalue weighted by Crippen LogP contribution is -2.21. The van der Waals surface area contributed by atoms with E-state index in [-0.39, 0.29) is 0 Å². The summed E-state index contributed by atoms with van der Waals surface area (Å²) in [6, 6.07) is 0. The predicted octanol–water partition coefficient (Wildman–Crippen LogP) is 2.50. The van der Waals surface area contributed by atoms with Gasteiger partial charge in [-0.05, 0) is 30.3 Å². The maximum atomic E-state index is 5.46. The fourth-order valence-electron chi connectivity index (χ4n) is 0.952. The third-order valence-corrected chi connectivity index (χ3v) is 2.26. The fraction of sp³-hybridized carbons (Fsp3) is 0.364. The Bertz CT molecular complexity index is 302. The van der Waals surface area contributed by atoms with Crippen LogP contribution in [0.15, 0.2) is 36.1 Å². The Hall–Kier alpha value is -1.09. The zero-order valence-corrected chi connectivity index (χ0v) is 9.54. The van der Waals surface area contributed by atoms with Crippen molar-refractivity contribution in [1.82, 2.24) is 4.90 Å². The third kappa shape index (κ3) is 3.34. The molecule has 0 bridgehead atoms. The standard InChI is InChI=1S/C11H15NOS/c1-9-5-4-6-10(8-7-9)13-11(14)12(2)3/h4-9H,1-3H3. The van der Waals surface area contributed by atoms with Crippen LogP contribution in [0.3, 0.4) is 0 Å². The smallest absolute Gasteiger partial charge is 0.264 e. The van der Waals surface area contributed by atoms with Crippen molar-refractivity contribution in [3.8, 4) is 0 Å². The summed E-state index contributed by atoms with van der Waals surface area (Å²) in [4.78, 5) is 1.77. The van der Waals surface area contributed by atoms with E-state index in [1.807, 2.05) is 32.3 Å². The Labute approximate surface area is 90.5 Å². The Morgan fingerprint density at radius 3 is 2.79 bits per heavy atom. The second-order valence-electron chi connectivity index (χ2n) is 3.43. The Kier molecular flexibility index (Phi) is 3.89. The lowest BCUT2D eigenvalue weighted by Gasteiger charge is -2.14. The van der Waals surface area contributed by atoms with Crippen molar-refractivity contribution < 1.29 is 4.74 Å². The van der Waals surface area contributed by atoms with Crippen molar-refractivity contribution in [2.45, 2.75) is 6.92 Å². The van der Waals surface area contributed by atoms with Crippen LogP contribution in [0.5, 0.6) is 0 Å². The zero-order chi connectivity index (χ0) is 10.6. The first kappa shape index (κ1) is 11.0. The summed E-state index contributed by atoms with van der Waals surface area (Å²) in [5.41, 5.74) is 0. The van der Waals surface area contributed by atoms with E-state index < -0.39 is 0 Å². The molecule has 1 rings (SSSR count). The number of hydrogen-bond acceptors (Lipinski definition) is 2. The topological polar surface area (TPSA) is 12.5 Å². The van der Waals surface area contributed by atoms with Crippen LogP contribution in [-0.2, 0) is 4.74 Å². The molecule has 0 saturated heterocycles. The molecule has 0 aromatic heterocycles. The summed E-state index contributed by atoms with van der Waals surface area (Å²) >= 11 is 5.04. The molecular weight excluding hydrogens is 194 g/mol. The van der Waals surface area contributed by atoms with Crippen LogP contribution in [0.2, 0.25) is 0 Å². The number of ether oxygens (including phenoxy) is 1. The second kappa shape index (κ2) is 4.96. The lowest BCUT2D eigenvalue weighted by atomic mass is 10.2. The van der Waals surface area contributed by atoms with Crippen molar-refractivity contribution in [1.29, 1.82) is 0 Å². The van der Waals surface area contributed by atoms with Crippen molar-refractivity contribution in [2.24, 2.45) is 5.92 Å². The van der Waals surface area contributed by atoms with Gasteiger partial charge in [-0.1, -0.05) is 25.2 Å². The maximum Gasteiger partial charge on any atom is 0.264 e. The van der Waals surface area contributed by atoms with Gasteiger partial charge in [-0.2, -0.15) is 0 Å². The number of hydrogen-bond donors (Lipinski definition) is 0. The fourth-order valence-corrected chi connectivity index (χ4v) is 1.05. The highest BCUT2D eigenvalue weighted by molar-refractivity contribution is 7.80. The molecule has 2 nitrogen and oxygen atoms in total. The molecule has 0 N–H and O–H groups in total. The quantitative estimate of drug-likeness (QED) is 0.616. The average molecular weight is 209 g/mol. The summed E-state index contributed by atoms with van der Waals surface area (Å²) in [5, 5.41) is 0.476. The number of nitrogens with zero attached hydrogens (tertiary/aromatic N) is 1. The minimum Gasteiger partial charge on any atom is -0.432 e. The summed E-state index contributed by atoms with van der Waals surface area (Å²) < 4.78 is 5.46. The van der Waals surface area contributed by atoms with Gasteiger partial charge in [0.1, 0.15) is 5.76 Å². The van der Waals surface area contributed by atoms with Gasteiger partial charge in [-0.3, -0.25) is 0 Å². The molecule has 1 atom stereocenters. The highest BCUT2D eigenvalue weighted by Crippen LogP contribution is 2.11. The van der Waals surface area contributed by atoms with E-state index in [1.54, 1.807) is 4.90 Å². The molecule has 1 aliphatic rings. The van der Waals surface area contributed by atoms with Crippen LogP contribution in [0, 0.1) is 5.92 Å². The molecule has 0 aromatic carbocycles. The van der Waals surface area contributed by atoms with Gasteiger partial charge in [0.15, 0.2) is 0 Å². The summed E-state index contributed by atoms with van der Waals surface area (Å²) in [6.07, 6.45) is 10.0. The van der Waals surface area contributed by atoms with E-state index in [1.165, 1.54) is 0 Å². The van der Waals surface area contributed by atoms with Gasteiger partial charge in [0, 0.05) is 14.1 Å². The van der Waals surface area contributed by atoms with Crippen molar-refractivity contribution in [3.05, 3.63) is 36.1 Å². The molecule has 0 spiro atoms. The lowest BCUT2D eigenvalue weighted by molar-refractivity contribution is 0.370. The molecule has 1 aliphatic carbocycles. The molecule has 76 valence electrons. The van der Waals surface area contributed by atoms with Crippen molar-refractivity contribution in [2.75, 3.05) is 14.1 Å². The molecule has 0 saturated carbocycles. The van der Waals surface area contributed by atoms with E-state index in [0.29, 0.717) is 11.1 Å². The SMILES string of the molecule is CC1C=CC=C(OC(=S)N(C)C)C=C1. The first-order valence-electron chi connectivity index (χ1n) is 4.55. The van der Waals surface area contributed by atoms with Crippen molar-refractivity contribution in [3.63, 3.8) is 0 Å². The first-order valence-corrected chi connectivity index (χ1v) is 4.96. The van der Waals surface area contributed by atoms with Crippen LogP contribution >= 0.6 is 12.2 Å². The van der Waals surface area contributed by atoms with E-state index in [9.17, 15) is 0 Å². The monoisotopic (exact) mass is 209 g/mol. The van der Waals surface area contributed by atoms with E-state index in [2.05, 4.69) is 19.1 Å². The van der Waals surface area contributed by atoms with Crippen molar-refractivity contribution >= 4 is 17.4 Å². The molecule has 0 aromatic rings. The second-order valence-corrected chi connectivity index (χ2v) is 3.78. The first-order chi connectivity index (χ1) is 6.59. The average Bonchev–Trinajstić information content (AvgIpc) is 2.31. The molecule has 3 heteroatoms. The zero-order valence-electron chi connectivity index (χ0n) is 8.73. The number of rotatable bonds is 1. The van der Waals surface area contributed by atoms with Crippen LogP contribution in [0.25, 0.3) is 0 Å². The Morgan fingerprint density at radius 1 is 1.43 bits per heavy atom. The Balaban J connectivity index is 2.62. The highest BCUT2D eigenvalue weighted by Gasteiger charge is 2.03. The summed E-state index contributed by atoms with van der Waals surface area (Å²) in [6.45, 7) is 2.12.